The third kappa shape index (κ3) is 2.17. The first-order valence-electron chi connectivity index (χ1n) is 6.60. The van der Waals surface area contributed by atoms with E-state index in [2.05, 4.69) is 15.2 Å². The normalized spacial score (nSPS) is 13.0. The Hall–Kier alpha value is -2.61. The first-order valence-corrected chi connectivity index (χ1v) is 6.60. The van der Waals surface area contributed by atoms with E-state index in [1.165, 1.54) is 24.4 Å². The molecule has 0 saturated carbocycles. The number of fused-ring (bicyclic) bond motifs is 1. The van der Waals surface area contributed by atoms with Gasteiger partial charge in [0, 0.05) is 17.8 Å². The second-order valence-corrected chi connectivity index (χ2v) is 4.87. The van der Waals surface area contributed by atoms with Crippen LogP contribution in [0.15, 0.2) is 35.3 Å². The number of aromatic amines is 1. The average molecular weight is 305 g/mol. The molecule has 1 aromatic carbocycles. The predicted molar refractivity (Wildman–Crippen MR) is 77.0 cm³/mol. The van der Waals surface area contributed by atoms with Gasteiger partial charge in [-0.25, -0.2) is 18.3 Å². The first-order chi connectivity index (χ1) is 10.5. The molecular formula is C14H13F2N5O. The van der Waals surface area contributed by atoms with Crippen molar-refractivity contribution in [2.24, 2.45) is 5.73 Å². The van der Waals surface area contributed by atoms with Gasteiger partial charge in [-0.3, -0.25) is 9.89 Å². The fraction of sp³-hybridized carbons (Fsp3) is 0.214. The zero-order valence-electron chi connectivity index (χ0n) is 11.6. The summed E-state index contributed by atoms with van der Waals surface area (Å²) in [5.74, 6) is 0.520. The summed E-state index contributed by atoms with van der Waals surface area (Å²) in [5.41, 5.74) is 5.10. The van der Waals surface area contributed by atoms with Gasteiger partial charge in [0.25, 0.3) is 12.0 Å². The minimum absolute atomic E-state index is 0.120. The van der Waals surface area contributed by atoms with Crippen LogP contribution in [0.25, 0.3) is 16.7 Å². The molecule has 0 bridgehead atoms. The molecule has 2 heterocycles. The van der Waals surface area contributed by atoms with Gasteiger partial charge >= 0.3 is 0 Å². The third-order valence-corrected chi connectivity index (χ3v) is 3.31. The number of hydrogen-bond acceptors (Lipinski definition) is 4. The maximum atomic E-state index is 13.2. The van der Waals surface area contributed by atoms with Crippen molar-refractivity contribution in [3.05, 3.63) is 52.2 Å². The minimum Gasteiger partial charge on any atom is -0.322 e. The van der Waals surface area contributed by atoms with Crippen LogP contribution in [0.1, 0.15) is 30.8 Å². The minimum atomic E-state index is -2.77. The summed E-state index contributed by atoms with van der Waals surface area (Å²) < 4.78 is 27.5. The van der Waals surface area contributed by atoms with E-state index in [0.717, 1.165) is 4.57 Å². The number of hydrogen-bond donors (Lipinski definition) is 2. The zero-order valence-corrected chi connectivity index (χ0v) is 11.6. The van der Waals surface area contributed by atoms with E-state index in [4.69, 9.17) is 5.73 Å². The van der Waals surface area contributed by atoms with Crippen molar-refractivity contribution in [1.82, 2.24) is 19.7 Å². The Morgan fingerprint density at radius 3 is 2.68 bits per heavy atom. The van der Waals surface area contributed by atoms with Crippen LogP contribution in [0.5, 0.6) is 0 Å². The van der Waals surface area contributed by atoms with Crippen LogP contribution in [0.2, 0.25) is 0 Å². The van der Waals surface area contributed by atoms with Gasteiger partial charge in [0.1, 0.15) is 5.82 Å². The quantitative estimate of drug-likeness (QED) is 0.775. The number of nitrogens with two attached hydrogens (primary N) is 1. The van der Waals surface area contributed by atoms with Crippen molar-refractivity contribution in [2.45, 2.75) is 19.4 Å². The van der Waals surface area contributed by atoms with Crippen LogP contribution in [-0.4, -0.2) is 19.7 Å². The average Bonchev–Trinajstić information content (AvgIpc) is 2.99. The van der Waals surface area contributed by atoms with Gasteiger partial charge in [0.05, 0.1) is 16.9 Å². The molecule has 2 aromatic heterocycles. The predicted octanol–water partition coefficient (Wildman–Crippen LogP) is 2.07. The molecule has 0 aliphatic rings. The molecule has 0 amide bonds. The van der Waals surface area contributed by atoms with Gasteiger partial charge in [-0.2, -0.15) is 5.10 Å². The van der Waals surface area contributed by atoms with Crippen LogP contribution in [0.4, 0.5) is 8.78 Å². The number of rotatable bonds is 3. The van der Waals surface area contributed by atoms with Crippen molar-refractivity contribution in [1.29, 1.82) is 0 Å². The second kappa shape index (κ2) is 5.30. The topological polar surface area (TPSA) is 89.6 Å². The van der Waals surface area contributed by atoms with Crippen molar-refractivity contribution < 1.29 is 8.78 Å². The van der Waals surface area contributed by atoms with Crippen LogP contribution >= 0.6 is 0 Å². The molecule has 1 unspecified atom stereocenters. The van der Waals surface area contributed by atoms with E-state index in [9.17, 15) is 13.6 Å². The Morgan fingerprint density at radius 1 is 1.32 bits per heavy atom. The van der Waals surface area contributed by atoms with Crippen molar-refractivity contribution in [3.63, 3.8) is 0 Å². The molecule has 3 rings (SSSR count). The standard InChI is InChI=1S/C14H13F2N5O/c1-7(17)13-19-9-4-2-3-8(12(15)16)11(9)14(22)21(13)10-5-6-18-20-10/h2-7,12H,17H2,1H3,(H,18,20). The summed E-state index contributed by atoms with van der Waals surface area (Å²) in [6.45, 7) is 1.66. The highest BCUT2D eigenvalue weighted by Gasteiger charge is 2.21. The summed E-state index contributed by atoms with van der Waals surface area (Å²) in [5, 5.41) is 6.39. The van der Waals surface area contributed by atoms with Crippen LogP contribution in [0, 0.1) is 0 Å². The number of alkyl halides is 2. The van der Waals surface area contributed by atoms with Gasteiger partial charge in [0.2, 0.25) is 0 Å². The summed E-state index contributed by atoms with van der Waals surface area (Å²) in [7, 11) is 0. The molecule has 0 fully saturated rings. The molecule has 22 heavy (non-hydrogen) atoms. The monoisotopic (exact) mass is 305 g/mol. The maximum absolute atomic E-state index is 13.2. The number of benzene rings is 1. The van der Waals surface area contributed by atoms with Crippen LogP contribution in [-0.2, 0) is 0 Å². The van der Waals surface area contributed by atoms with Gasteiger partial charge in [-0.05, 0) is 13.0 Å². The number of nitrogens with one attached hydrogen (secondary N) is 1. The lowest BCUT2D eigenvalue weighted by Gasteiger charge is -2.15. The van der Waals surface area contributed by atoms with Gasteiger partial charge in [0.15, 0.2) is 5.82 Å². The van der Waals surface area contributed by atoms with Crippen molar-refractivity contribution in [3.8, 4) is 5.82 Å². The van der Waals surface area contributed by atoms with E-state index >= 15 is 0 Å². The van der Waals surface area contributed by atoms with E-state index in [1.807, 2.05) is 0 Å². The molecule has 3 N–H and O–H groups in total. The van der Waals surface area contributed by atoms with Crippen LogP contribution in [0.3, 0.4) is 0 Å². The summed E-state index contributed by atoms with van der Waals surface area (Å²) in [6, 6.07) is 5.16. The highest BCUT2D eigenvalue weighted by Crippen LogP contribution is 2.25. The molecule has 0 saturated heterocycles. The molecular weight excluding hydrogens is 292 g/mol. The molecule has 0 aliphatic heterocycles. The van der Waals surface area contributed by atoms with Crippen LogP contribution < -0.4 is 11.3 Å². The summed E-state index contributed by atoms with van der Waals surface area (Å²) in [6.07, 6.45) is -1.25. The smallest absolute Gasteiger partial charge is 0.267 e. The highest BCUT2D eigenvalue weighted by atomic mass is 19.3. The maximum Gasteiger partial charge on any atom is 0.267 e. The molecule has 0 aliphatic carbocycles. The summed E-state index contributed by atoms with van der Waals surface area (Å²) in [4.78, 5) is 17.0. The van der Waals surface area contributed by atoms with Gasteiger partial charge in [-0.1, -0.05) is 12.1 Å². The van der Waals surface area contributed by atoms with E-state index in [-0.39, 0.29) is 28.1 Å². The first kappa shape index (κ1) is 14.3. The Bertz CT molecular complexity index is 871. The second-order valence-electron chi connectivity index (χ2n) is 4.87. The molecule has 0 radical (unpaired) electrons. The lowest BCUT2D eigenvalue weighted by atomic mass is 10.1. The Morgan fingerprint density at radius 2 is 2.09 bits per heavy atom. The molecule has 6 nitrogen and oxygen atoms in total. The molecule has 1 atom stereocenters. The summed E-state index contributed by atoms with van der Waals surface area (Å²) >= 11 is 0. The number of aromatic nitrogens is 4. The zero-order chi connectivity index (χ0) is 15.9. The fourth-order valence-electron chi connectivity index (χ4n) is 2.36. The van der Waals surface area contributed by atoms with E-state index in [0.29, 0.717) is 0 Å². The molecule has 3 aromatic rings. The molecule has 8 heteroatoms. The lowest BCUT2D eigenvalue weighted by molar-refractivity contribution is 0.153. The van der Waals surface area contributed by atoms with Crippen molar-refractivity contribution >= 4 is 10.9 Å². The molecule has 0 spiro atoms. The van der Waals surface area contributed by atoms with E-state index < -0.39 is 18.0 Å². The van der Waals surface area contributed by atoms with E-state index in [1.54, 1.807) is 13.0 Å². The highest BCUT2D eigenvalue weighted by molar-refractivity contribution is 5.82. The number of halogens is 2. The van der Waals surface area contributed by atoms with Gasteiger partial charge in [-0.15, -0.1) is 0 Å². The molecule has 114 valence electrons. The third-order valence-electron chi connectivity index (χ3n) is 3.31. The number of nitrogens with zero attached hydrogens (tertiary/aromatic N) is 3. The lowest BCUT2D eigenvalue weighted by Crippen LogP contribution is -2.28. The Labute approximate surface area is 123 Å². The fourth-order valence-corrected chi connectivity index (χ4v) is 2.36. The van der Waals surface area contributed by atoms with Crippen molar-refractivity contribution in [2.75, 3.05) is 0 Å². The number of H-pyrrole nitrogens is 1. The Kier molecular flexibility index (Phi) is 3.45. The SMILES string of the molecule is CC(N)c1nc2cccc(C(F)F)c2c(=O)n1-c1cc[nH]n1. The largest absolute Gasteiger partial charge is 0.322 e. The Balaban J connectivity index is 2.47. The van der Waals surface area contributed by atoms with Gasteiger partial charge < -0.3 is 5.73 Å².